The summed E-state index contributed by atoms with van der Waals surface area (Å²) in [6.45, 7) is 1.52. The fourth-order valence-corrected chi connectivity index (χ4v) is 2.17. The van der Waals surface area contributed by atoms with E-state index in [-0.39, 0.29) is 17.2 Å². The lowest BCUT2D eigenvalue weighted by Crippen LogP contribution is -2.20. The third-order valence-corrected chi connectivity index (χ3v) is 3.25. The first-order valence-electron chi connectivity index (χ1n) is 5.87. The van der Waals surface area contributed by atoms with Gasteiger partial charge in [0.1, 0.15) is 23.2 Å². The number of hydrogen-bond acceptors (Lipinski definition) is 1. The molecule has 0 radical (unpaired) electrons. The number of rotatable bonds is 2. The lowest BCUT2D eigenvalue weighted by atomic mass is 10.1. The Morgan fingerprint density at radius 3 is 2.53 bits per heavy atom. The van der Waals surface area contributed by atoms with Gasteiger partial charge in [0.05, 0.1) is 0 Å². The Hall–Kier alpha value is -1.45. The highest BCUT2D eigenvalue weighted by atomic mass is 19.1. The van der Waals surface area contributed by atoms with E-state index in [2.05, 4.69) is 4.99 Å². The average Bonchev–Trinajstić information content (AvgIpc) is 2.79. The van der Waals surface area contributed by atoms with Crippen molar-refractivity contribution >= 4 is 11.5 Å². The van der Waals surface area contributed by atoms with Crippen molar-refractivity contribution in [1.82, 2.24) is 0 Å². The molecule has 0 unspecified atom stereocenters. The minimum Gasteiger partial charge on any atom is -0.387 e. The topological polar surface area (TPSA) is 38.4 Å². The maximum Gasteiger partial charge on any atom is 0.149 e. The highest BCUT2D eigenvalue weighted by molar-refractivity contribution is 5.85. The Bertz CT molecular complexity index is 449. The van der Waals surface area contributed by atoms with Crippen LogP contribution in [0, 0.1) is 24.5 Å². The molecular weight excluding hydrogens is 222 g/mol. The van der Waals surface area contributed by atoms with Crippen molar-refractivity contribution in [3.8, 4) is 0 Å². The Labute approximate surface area is 99.5 Å². The summed E-state index contributed by atoms with van der Waals surface area (Å²) in [5, 5.41) is 0. The molecule has 1 aliphatic carbocycles. The van der Waals surface area contributed by atoms with Crippen LogP contribution in [0.2, 0.25) is 0 Å². The van der Waals surface area contributed by atoms with Crippen LogP contribution in [0.25, 0.3) is 0 Å². The number of halogens is 2. The Morgan fingerprint density at radius 1 is 1.24 bits per heavy atom. The SMILES string of the molecule is Cc1cc(F)c(N=C(N)C2CCCC2)cc1F. The van der Waals surface area contributed by atoms with Crippen molar-refractivity contribution in [1.29, 1.82) is 0 Å². The van der Waals surface area contributed by atoms with Gasteiger partial charge >= 0.3 is 0 Å². The number of amidine groups is 1. The molecule has 0 spiro atoms. The van der Waals surface area contributed by atoms with Crippen molar-refractivity contribution in [2.24, 2.45) is 16.6 Å². The second kappa shape index (κ2) is 4.82. The van der Waals surface area contributed by atoms with E-state index in [4.69, 9.17) is 5.73 Å². The molecule has 0 aromatic heterocycles. The normalized spacial score (nSPS) is 17.7. The van der Waals surface area contributed by atoms with Gasteiger partial charge in [0.25, 0.3) is 0 Å². The summed E-state index contributed by atoms with van der Waals surface area (Å²) in [4.78, 5) is 4.02. The van der Waals surface area contributed by atoms with E-state index in [1.807, 2.05) is 0 Å². The van der Waals surface area contributed by atoms with Gasteiger partial charge in [0.2, 0.25) is 0 Å². The summed E-state index contributed by atoms with van der Waals surface area (Å²) >= 11 is 0. The Morgan fingerprint density at radius 2 is 1.88 bits per heavy atom. The smallest absolute Gasteiger partial charge is 0.149 e. The van der Waals surface area contributed by atoms with E-state index in [1.165, 1.54) is 6.92 Å². The number of aliphatic imine (C=N–C) groups is 1. The molecule has 2 nitrogen and oxygen atoms in total. The first-order valence-corrected chi connectivity index (χ1v) is 5.87. The molecule has 2 N–H and O–H groups in total. The van der Waals surface area contributed by atoms with E-state index in [1.54, 1.807) is 0 Å². The highest BCUT2D eigenvalue weighted by Crippen LogP contribution is 2.27. The summed E-state index contributed by atoms with van der Waals surface area (Å²) in [5.41, 5.74) is 6.11. The van der Waals surface area contributed by atoms with Gasteiger partial charge in [-0.1, -0.05) is 12.8 Å². The quantitative estimate of drug-likeness (QED) is 0.622. The Balaban J connectivity index is 2.28. The van der Waals surface area contributed by atoms with Gasteiger partial charge in [-0.2, -0.15) is 0 Å². The van der Waals surface area contributed by atoms with E-state index in [0.29, 0.717) is 5.84 Å². The maximum absolute atomic E-state index is 13.5. The molecule has 2 rings (SSSR count). The Kier molecular flexibility index (Phi) is 3.41. The van der Waals surface area contributed by atoms with Crippen LogP contribution in [0.3, 0.4) is 0 Å². The highest BCUT2D eigenvalue weighted by Gasteiger charge is 2.19. The van der Waals surface area contributed by atoms with Crippen LogP contribution in [0.4, 0.5) is 14.5 Å². The van der Waals surface area contributed by atoms with Gasteiger partial charge in [0, 0.05) is 12.0 Å². The summed E-state index contributed by atoms with van der Waals surface area (Å²) in [5.74, 6) is -0.336. The summed E-state index contributed by atoms with van der Waals surface area (Å²) in [6, 6.07) is 2.25. The zero-order valence-corrected chi connectivity index (χ0v) is 9.84. The predicted octanol–water partition coefficient (Wildman–Crippen LogP) is 3.45. The fourth-order valence-electron chi connectivity index (χ4n) is 2.17. The molecule has 0 bridgehead atoms. The van der Waals surface area contributed by atoms with Crippen LogP contribution in [0.1, 0.15) is 31.2 Å². The predicted molar refractivity (Wildman–Crippen MR) is 64.3 cm³/mol. The van der Waals surface area contributed by atoms with Gasteiger partial charge in [-0.25, -0.2) is 13.8 Å². The van der Waals surface area contributed by atoms with Crippen LogP contribution in [-0.2, 0) is 0 Å². The monoisotopic (exact) mass is 238 g/mol. The molecule has 1 aromatic rings. The van der Waals surface area contributed by atoms with Gasteiger partial charge in [0.15, 0.2) is 0 Å². The van der Waals surface area contributed by atoms with Crippen LogP contribution >= 0.6 is 0 Å². The summed E-state index contributed by atoms with van der Waals surface area (Å²) < 4.78 is 26.9. The van der Waals surface area contributed by atoms with Gasteiger partial charge in [-0.3, -0.25) is 0 Å². The van der Waals surface area contributed by atoms with Crippen molar-refractivity contribution in [3.05, 3.63) is 29.3 Å². The summed E-state index contributed by atoms with van der Waals surface area (Å²) in [6.07, 6.45) is 4.24. The maximum atomic E-state index is 13.5. The molecule has 1 aliphatic rings. The second-order valence-electron chi connectivity index (χ2n) is 4.57. The molecule has 1 fully saturated rings. The minimum atomic E-state index is -0.523. The van der Waals surface area contributed by atoms with Gasteiger partial charge < -0.3 is 5.73 Å². The number of nitrogens with zero attached hydrogens (tertiary/aromatic N) is 1. The lowest BCUT2D eigenvalue weighted by molar-refractivity contribution is 0.594. The third-order valence-electron chi connectivity index (χ3n) is 3.25. The number of aryl methyl sites for hydroxylation is 1. The average molecular weight is 238 g/mol. The van der Waals surface area contributed by atoms with Gasteiger partial charge in [-0.15, -0.1) is 0 Å². The molecule has 0 saturated heterocycles. The minimum absolute atomic E-state index is 0.00231. The number of benzene rings is 1. The van der Waals surface area contributed by atoms with Crippen LogP contribution in [0.5, 0.6) is 0 Å². The van der Waals surface area contributed by atoms with Gasteiger partial charge in [-0.05, 0) is 31.4 Å². The van der Waals surface area contributed by atoms with Crippen LogP contribution in [0.15, 0.2) is 17.1 Å². The molecule has 0 atom stereocenters. The lowest BCUT2D eigenvalue weighted by Gasteiger charge is -2.08. The van der Waals surface area contributed by atoms with E-state index in [9.17, 15) is 8.78 Å². The third kappa shape index (κ3) is 2.62. The molecule has 92 valence electrons. The van der Waals surface area contributed by atoms with E-state index >= 15 is 0 Å². The van der Waals surface area contributed by atoms with Crippen LogP contribution in [-0.4, -0.2) is 5.84 Å². The fraction of sp³-hybridized carbons (Fsp3) is 0.462. The molecule has 1 aromatic carbocycles. The van der Waals surface area contributed by atoms with Crippen molar-refractivity contribution in [2.75, 3.05) is 0 Å². The molecular formula is C13H16F2N2. The second-order valence-corrected chi connectivity index (χ2v) is 4.57. The first-order chi connectivity index (χ1) is 8.08. The van der Waals surface area contributed by atoms with Crippen molar-refractivity contribution in [3.63, 3.8) is 0 Å². The molecule has 0 heterocycles. The first kappa shape index (κ1) is 12.0. The standard InChI is InChI=1S/C13H16F2N2/c1-8-6-11(15)12(7-10(8)14)17-13(16)9-4-2-3-5-9/h6-7,9H,2-5H2,1H3,(H2,16,17). The summed E-state index contributed by atoms with van der Waals surface area (Å²) in [7, 11) is 0. The molecule has 1 saturated carbocycles. The molecule has 0 amide bonds. The largest absolute Gasteiger partial charge is 0.387 e. The molecule has 17 heavy (non-hydrogen) atoms. The van der Waals surface area contributed by atoms with E-state index < -0.39 is 11.6 Å². The number of nitrogens with two attached hydrogens (primary N) is 1. The van der Waals surface area contributed by atoms with Crippen molar-refractivity contribution in [2.45, 2.75) is 32.6 Å². The zero-order valence-electron chi connectivity index (χ0n) is 9.84. The van der Waals surface area contributed by atoms with Crippen molar-refractivity contribution < 1.29 is 8.78 Å². The zero-order chi connectivity index (χ0) is 12.4. The molecule has 4 heteroatoms. The van der Waals surface area contributed by atoms with E-state index in [0.717, 1.165) is 37.8 Å². The van der Waals surface area contributed by atoms with Crippen LogP contribution < -0.4 is 5.73 Å². The molecule has 0 aliphatic heterocycles. The number of hydrogen-bond donors (Lipinski definition) is 1.